The largest absolute Gasteiger partial charge is 0.310 e. The molecule has 1 atom stereocenters. The van der Waals surface area contributed by atoms with Crippen LogP contribution in [0.5, 0.6) is 0 Å². The van der Waals surface area contributed by atoms with Gasteiger partial charge in [-0.3, -0.25) is 0 Å². The van der Waals surface area contributed by atoms with Gasteiger partial charge in [-0.15, -0.1) is 11.3 Å². The van der Waals surface area contributed by atoms with Gasteiger partial charge in [0.1, 0.15) is 0 Å². The second kappa shape index (κ2) is 7.05. The van der Waals surface area contributed by atoms with E-state index >= 15 is 0 Å². The van der Waals surface area contributed by atoms with Crippen molar-refractivity contribution in [3.63, 3.8) is 0 Å². The smallest absolute Gasteiger partial charge is 0.0758 e. The maximum absolute atomic E-state index is 3.63. The van der Waals surface area contributed by atoms with Crippen LogP contribution in [-0.4, -0.2) is 6.54 Å². The summed E-state index contributed by atoms with van der Waals surface area (Å²) in [6.45, 7) is 5.52. The number of nitrogens with one attached hydrogen (secondary N) is 1. The number of hydrogen-bond donors (Lipinski definition) is 1. The molecule has 4 heteroatoms. The minimum absolute atomic E-state index is 0.492. The minimum atomic E-state index is 0.492. The lowest BCUT2D eigenvalue weighted by Crippen LogP contribution is -2.21. The quantitative estimate of drug-likeness (QED) is 0.748. The Bertz CT molecular complexity index is 299. The van der Waals surface area contributed by atoms with Crippen molar-refractivity contribution >= 4 is 43.2 Å². The van der Waals surface area contributed by atoms with Gasteiger partial charge in [-0.2, -0.15) is 0 Å². The van der Waals surface area contributed by atoms with Crippen LogP contribution in [0.2, 0.25) is 0 Å². The number of thiophene rings is 1. The summed E-state index contributed by atoms with van der Waals surface area (Å²) in [6.07, 6.45) is 3.59. The van der Waals surface area contributed by atoms with Gasteiger partial charge in [0.05, 0.1) is 7.57 Å². The van der Waals surface area contributed by atoms with Crippen molar-refractivity contribution in [2.75, 3.05) is 6.54 Å². The van der Waals surface area contributed by atoms with Crippen molar-refractivity contribution in [2.24, 2.45) is 0 Å². The summed E-state index contributed by atoms with van der Waals surface area (Å²) in [5.74, 6) is 0. The van der Waals surface area contributed by atoms with E-state index in [2.05, 4.69) is 57.1 Å². The van der Waals surface area contributed by atoms with Crippen LogP contribution >= 0.6 is 43.2 Å². The fourth-order valence-electron chi connectivity index (χ4n) is 1.57. The lowest BCUT2D eigenvalue weighted by Gasteiger charge is -2.17. The Balaban J connectivity index is 2.73. The van der Waals surface area contributed by atoms with E-state index in [9.17, 15) is 0 Å². The van der Waals surface area contributed by atoms with Gasteiger partial charge in [0, 0.05) is 6.04 Å². The average molecular weight is 355 g/mol. The van der Waals surface area contributed by atoms with E-state index in [-0.39, 0.29) is 0 Å². The summed E-state index contributed by atoms with van der Waals surface area (Å²) in [4.78, 5) is 0. The highest BCUT2D eigenvalue weighted by Crippen LogP contribution is 2.36. The Morgan fingerprint density at radius 1 is 1.33 bits per heavy atom. The van der Waals surface area contributed by atoms with Crippen LogP contribution in [0.1, 0.15) is 44.7 Å². The van der Waals surface area contributed by atoms with Crippen LogP contribution in [0.15, 0.2) is 13.6 Å². The molecule has 0 saturated carbocycles. The molecular formula is C11H17Br2NS. The summed E-state index contributed by atoms with van der Waals surface area (Å²) in [5, 5.41) is 3.60. The molecule has 1 rings (SSSR count). The zero-order valence-corrected chi connectivity index (χ0v) is 13.1. The second-order valence-electron chi connectivity index (χ2n) is 3.57. The van der Waals surface area contributed by atoms with E-state index in [1.54, 1.807) is 11.3 Å². The highest BCUT2D eigenvalue weighted by molar-refractivity contribution is 9.12. The minimum Gasteiger partial charge on any atom is -0.310 e. The Labute approximate surface area is 113 Å². The molecule has 0 aliphatic carbocycles. The molecule has 0 radical (unpaired) electrons. The van der Waals surface area contributed by atoms with Crippen LogP contribution in [-0.2, 0) is 0 Å². The maximum atomic E-state index is 3.63. The molecule has 1 aromatic rings. The third kappa shape index (κ3) is 4.17. The molecule has 0 bridgehead atoms. The van der Waals surface area contributed by atoms with Crippen LogP contribution in [0, 0.1) is 0 Å². The number of hydrogen-bond acceptors (Lipinski definition) is 2. The Morgan fingerprint density at radius 2 is 2.07 bits per heavy atom. The fraction of sp³-hybridized carbons (Fsp3) is 0.636. The van der Waals surface area contributed by atoms with Crippen LogP contribution in [0.3, 0.4) is 0 Å². The highest BCUT2D eigenvalue weighted by Gasteiger charge is 2.15. The lowest BCUT2D eigenvalue weighted by atomic mass is 10.1. The molecule has 15 heavy (non-hydrogen) atoms. The summed E-state index contributed by atoms with van der Waals surface area (Å²) in [6, 6.07) is 2.71. The first-order chi connectivity index (χ1) is 7.19. The van der Waals surface area contributed by atoms with Crippen molar-refractivity contribution in [3.8, 4) is 0 Å². The van der Waals surface area contributed by atoms with Crippen molar-refractivity contribution < 1.29 is 0 Å². The van der Waals surface area contributed by atoms with Gasteiger partial charge in [-0.05, 0) is 62.9 Å². The first-order valence-corrected chi connectivity index (χ1v) is 7.77. The monoisotopic (exact) mass is 353 g/mol. The predicted molar refractivity (Wildman–Crippen MR) is 75.7 cm³/mol. The molecule has 0 aliphatic rings. The molecule has 1 unspecified atom stereocenters. The highest BCUT2D eigenvalue weighted by atomic mass is 79.9. The van der Waals surface area contributed by atoms with Gasteiger partial charge in [0.2, 0.25) is 0 Å². The molecule has 1 aromatic heterocycles. The van der Waals surface area contributed by atoms with E-state index in [1.807, 2.05) is 0 Å². The summed E-state index contributed by atoms with van der Waals surface area (Å²) < 4.78 is 2.44. The molecule has 0 fully saturated rings. The SMILES string of the molecule is CCCNC(CCC)c1cc(Br)sc1Br. The average Bonchev–Trinajstić information content (AvgIpc) is 2.52. The zero-order chi connectivity index (χ0) is 11.3. The molecule has 1 heterocycles. The molecule has 86 valence electrons. The first-order valence-electron chi connectivity index (χ1n) is 5.37. The second-order valence-corrected chi connectivity index (χ2v) is 7.32. The molecule has 0 saturated heterocycles. The Kier molecular flexibility index (Phi) is 6.43. The summed E-state index contributed by atoms with van der Waals surface area (Å²) >= 11 is 8.91. The summed E-state index contributed by atoms with van der Waals surface area (Å²) in [5.41, 5.74) is 1.39. The van der Waals surface area contributed by atoms with Gasteiger partial charge in [0.25, 0.3) is 0 Å². The van der Waals surface area contributed by atoms with Gasteiger partial charge >= 0.3 is 0 Å². The Morgan fingerprint density at radius 3 is 2.53 bits per heavy atom. The van der Waals surface area contributed by atoms with Crippen molar-refractivity contribution in [1.82, 2.24) is 5.32 Å². The van der Waals surface area contributed by atoms with Crippen LogP contribution in [0.25, 0.3) is 0 Å². The first kappa shape index (κ1) is 13.7. The van der Waals surface area contributed by atoms with Gasteiger partial charge in [-0.25, -0.2) is 0 Å². The third-order valence-electron chi connectivity index (χ3n) is 2.28. The summed E-state index contributed by atoms with van der Waals surface area (Å²) in [7, 11) is 0. The van der Waals surface area contributed by atoms with E-state index in [1.165, 1.54) is 32.4 Å². The van der Waals surface area contributed by atoms with E-state index in [0.717, 1.165) is 6.54 Å². The molecule has 1 nitrogen and oxygen atoms in total. The van der Waals surface area contributed by atoms with Crippen LogP contribution in [0.4, 0.5) is 0 Å². The van der Waals surface area contributed by atoms with Gasteiger partial charge in [-0.1, -0.05) is 20.3 Å². The molecule has 0 spiro atoms. The third-order valence-corrected chi connectivity index (χ3v) is 4.66. The molecular weight excluding hydrogens is 338 g/mol. The van der Waals surface area contributed by atoms with E-state index < -0.39 is 0 Å². The standard InChI is InChI=1S/C11H17Br2NS/c1-3-5-9(14-6-4-2)8-7-10(12)15-11(8)13/h7,9,14H,3-6H2,1-2H3. The van der Waals surface area contributed by atoms with Gasteiger partial charge in [0.15, 0.2) is 0 Å². The van der Waals surface area contributed by atoms with Crippen molar-refractivity contribution in [3.05, 3.63) is 19.2 Å². The van der Waals surface area contributed by atoms with E-state index in [4.69, 9.17) is 0 Å². The Hall–Kier alpha value is 0.620. The molecule has 1 N–H and O–H groups in total. The number of halogens is 2. The van der Waals surface area contributed by atoms with Crippen molar-refractivity contribution in [1.29, 1.82) is 0 Å². The molecule has 0 aliphatic heterocycles. The molecule has 0 aromatic carbocycles. The predicted octanol–water partition coefficient (Wildman–Crippen LogP) is 5.11. The van der Waals surface area contributed by atoms with Crippen LogP contribution < -0.4 is 5.32 Å². The van der Waals surface area contributed by atoms with Gasteiger partial charge < -0.3 is 5.32 Å². The fourth-order valence-corrected chi connectivity index (χ4v) is 4.54. The van der Waals surface area contributed by atoms with E-state index in [0.29, 0.717) is 6.04 Å². The molecule has 0 amide bonds. The topological polar surface area (TPSA) is 12.0 Å². The maximum Gasteiger partial charge on any atom is 0.0758 e. The van der Waals surface area contributed by atoms with Crippen molar-refractivity contribution in [2.45, 2.75) is 39.2 Å². The lowest BCUT2D eigenvalue weighted by molar-refractivity contribution is 0.494. The zero-order valence-electron chi connectivity index (χ0n) is 9.15. The number of rotatable bonds is 6. The normalized spacial score (nSPS) is 13.1.